The molecule has 1 fully saturated rings. The van der Waals surface area contributed by atoms with E-state index in [1.54, 1.807) is 0 Å². The lowest BCUT2D eigenvalue weighted by atomic mass is 10.0. The van der Waals surface area contributed by atoms with Gasteiger partial charge in [-0.25, -0.2) is 4.79 Å². The largest absolute Gasteiger partial charge is 0.455 e. The van der Waals surface area contributed by atoms with Crippen LogP contribution >= 0.6 is 0 Å². The number of hydrogen-bond acceptors (Lipinski definition) is 6. The predicted molar refractivity (Wildman–Crippen MR) is 35.0 cm³/mol. The maximum atomic E-state index is 10.7. The molecule has 12 heavy (non-hydrogen) atoms. The molecule has 6 nitrogen and oxygen atoms in total. The van der Waals surface area contributed by atoms with E-state index >= 15 is 0 Å². The average Bonchev–Trinajstić information content (AvgIpc) is 2.08. The van der Waals surface area contributed by atoms with Crippen molar-refractivity contribution in [2.75, 3.05) is 6.61 Å². The Bertz CT molecular complexity index is 179. The first-order chi connectivity index (χ1) is 5.57. The van der Waals surface area contributed by atoms with Crippen LogP contribution in [0.1, 0.15) is 0 Å². The van der Waals surface area contributed by atoms with Gasteiger partial charge in [-0.15, -0.1) is 0 Å². The highest BCUT2D eigenvalue weighted by molar-refractivity contribution is 5.76. The zero-order valence-electron chi connectivity index (χ0n) is 6.12. The molecule has 4 atom stereocenters. The molecule has 1 aliphatic heterocycles. The molecule has 0 aliphatic carbocycles. The minimum atomic E-state index is -1.73. The van der Waals surface area contributed by atoms with Crippen molar-refractivity contribution in [3.05, 3.63) is 0 Å². The van der Waals surface area contributed by atoms with Crippen molar-refractivity contribution >= 4 is 5.97 Å². The number of aliphatic hydroxyl groups excluding tert-OH is 4. The van der Waals surface area contributed by atoms with Crippen LogP contribution in [-0.4, -0.2) is 57.4 Å². The molecule has 0 saturated carbocycles. The van der Waals surface area contributed by atoms with Gasteiger partial charge in [0.2, 0.25) is 0 Å². The third-order valence-corrected chi connectivity index (χ3v) is 1.74. The van der Waals surface area contributed by atoms with Gasteiger partial charge in [-0.05, 0) is 0 Å². The topological polar surface area (TPSA) is 107 Å². The van der Waals surface area contributed by atoms with Gasteiger partial charge in [-0.3, -0.25) is 0 Å². The predicted octanol–water partition coefficient (Wildman–Crippen LogP) is -3.01. The first-order valence-electron chi connectivity index (χ1n) is 3.43. The number of ether oxygens (including phenoxy) is 1. The zero-order valence-corrected chi connectivity index (χ0v) is 6.12. The molecule has 1 rings (SSSR count). The molecule has 70 valence electrons. The first kappa shape index (κ1) is 9.40. The average molecular weight is 178 g/mol. The number of carbonyl (C=O) groups is 1. The molecule has 6 heteroatoms. The smallest absolute Gasteiger partial charge is 0.338 e. The molecule has 0 unspecified atom stereocenters. The summed E-state index contributed by atoms with van der Waals surface area (Å²) in [5, 5.41) is 35.5. The zero-order chi connectivity index (χ0) is 9.30. The highest BCUT2D eigenvalue weighted by Crippen LogP contribution is 2.15. The maximum Gasteiger partial charge on any atom is 0.338 e. The van der Waals surface area contributed by atoms with Gasteiger partial charge < -0.3 is 25.2 Å². The Kier molecular flexibility index (Phi) is 2.63. The minimum Gasteiger partial charge on any atom is -0.455 e. The first-order valence-corrected chi connectivity index (χ1v) is 3.43. The van der Waals surface area contributed by atoms with E-state index in [2.05, 4.69) is 4.74 Å². The Hall–Kier alpha value is -0.690. The molecule has 1 heterocycles. The number of rotatable bonds is 1. The van der Waals surface area contributed by atoms with Gasteiger partial charge in [0.05, 0.1) is 6.61 Å². The minimum absolute atomic E-state index is 0.587. The van der Waals surface area contributed by atoms with Crippen LogP contribution in [0.15, 0.2) is 0 Å². The Balaban J connectivity index is 2.70. The maximum absolute atomic E-state index is 10.7. The number of hydrogen-bond donors (Lipinski definition) is 4. The van der Waals surface area contributed by atoms with E-state index in [1.807, 2.05) is 0 Å². The van der Waals surface area contributed by atoms with Crippen LogP contribution in [0.5, 0.6) is 0 Å². The monoisotopic (exact) mass is 178 g/mol. The molecule has 0 aromatic rings. The van der Waals surface area contributed by atoms with Crippen LogP contribution in [0.4, 0.5) is 0 Å². The molecule has 4 N–H and O–H groups in total. The molecule has 0 amide bonds. The van der Waals surface area contributed by atoms with E-state index in [4.69, 9.17) is 20.4 Å². The summed E-state index contributed by atoms with van der Waals surface area (Å²) in [5.41, 5.74) is 0. The van der Waals surface area contributed by atoms with Crippen molar-refractivity contribution in [3.8, 4) is 0 Å². The van der Waals surface area contributed by atoms with Gasteiger partial charge in [0.1, 0.15) is 12.2 Å². The van der Waals surface area contributed by atoms with E-state index in [0.29, 0.717) is 0 Å². The molecule has 0 radical (unpaired) electrons. The second-order valence-electron chi connectivity index (χ2n) is 2.58. The fourth-order valence-electron chi connectivity index (χ4n) is 0.980. The van der Waals surface area contributed by atoms with Crippen molar-refractivity contribution in [2.45, 2.75) is 24.4 Å². The third-order valence-electron chi connectivity index (χ3n) is 1.74. The van der Waals surface area contributed by atoms with Crippen LogP contribution in [0, 0.1) is 0 Å². The summed E-state index contributed by atoms with van der Waals surface area (Å²) in [4.78, 5) is 10.7. The van der Waals surface area contributed by atoms with Gasteiger partial charge in [-0.1, -0.05) is 0 Å². The van der Waals surface area contributed by atoms with E-state index in [1.165, 1.54) is 0 Å². The van der Waals surface area contributed by atoms with Gasteiger partial charge >= 0.3 is 5.97 Å². The normalized spacial score (nSPS) is 42.5. The molecule has 0 spiro atoms. The Labute approximate surface area is 68.0 Å². The lowest BCUT2D eigenvalue weighted by molar-refractivity contribution is -0.206. The lowest BCUT2D eigenvalue weighted by Gasteiger charge is -2.32. The van der Waals surface area contributed by atoms with Crippen LogP contribution in [0.2, 0.25) is 0 Å². The Morgan fingerprint density at radius 1 is 1.25 bits per heavy atom. The molecule has 0 aromatic carbocycles. The second kappa shape index (κ2) is 3.36. The van der Waals surface area contributed by atoms with Crippen molar-refractivity contribution in [3.63, 3.8) is 0 Å². The third kappa shape index (κ3) is 1.42. The molecule has 1 aliphatic rings. The van der Waals surface area contributed by atoms with Gasteiger partial charge in [0.25, 0.3) is 0 Å². The second-order valence-corrected chi connectivity index (χ2v) is 2.58. The van der Waals surface area contributed by atoms with Crippen LogP contribution < -0.4 is 0 Å². The molecular formula is C6H10O6. The Morgan fingerprint density at radius 3 is 2.33 bits per heavy atom. The van der Waals surface area contributed by atoms with Crippen molar-refractivity contribution in [1.82, 2.24) is 0 Å². The van der Waals surface area contributed by atoms with Crippen LogP contribution in [-0.2, 0) is 9.53 Å². The van der Waals surface area contributed by atoms with E-state index < -0.39 is 37.0 Å². The van der Waals surface area contributed by atoms with E-state index in [-0.39, 0.29) is 0 Å². The van der Waals surface area contributed by atoms with Crippen molar-refractivity contribution in [1.29, 1.82) is 0 Å². The quantitative estimate of drug-likeness (QED) is 0.318. The number of carbonyl (C=O) groups excluding carboxylic acids is 1. The standard InChI is InChI=1S/C6H10O6/c7-1-2-3(8)4(9)5(10)6(11)12-2/h2-5,7-10H,1H2/t2-,3+,4+,5-/m0/s1. The highest BCUT2D eigenvalue weighted by Gasteiger charge is 2.43. The molecule has 1 saturated heterocycles. The highest BCUT2D eigenvalue weighted by atomic mass is 16.6. The summed E-state index contributed by atoms with van der Waals surface area (Å²) in [6.07, 6.45) is -5.93. The van der Waals surface area contributed by atoms with Crippen molar-refractivity contribution < 1.29 is 30.0 Å². The summed E-state index contributed by atoms with van der Waals surface area (Å²) in [7, 11) is 0. The van der Waals surface area contributed by atoms with Crippen molar-refractivity contribution in [2.24, 2.45) is 0 Å². The van der Waals surface area contributed by atoms with E-state index in [0.717, 1.165) is 0 Å². The van der Waals surface area contributed by atoms with Gasteiger partial charge in [0.15, 0.2) is 12.2 Å². The van der Waals surface area contributed by atoms with E-state index in [9.17, 15) is 4.79 Å². The van der Waals surface area contributed by atoms with Crippen LogP contribution in [0.3, 0.4) is 0 Å². The SMILES string of the molecule is O=C1O[C@@H](CO)[C@@H](O)[C@@H](O)[C@@H]1O. The summed E-state index contributed by atoms with van der Waals surface area (Å²) < 4.78 is 4.38. The number of esters is 1. The summed E-state index contributed by atoms with van der Waals surface area (Å²) >= 11 is 0. The summed E-state index contributed by atoms with van der Waals surface area (Å²) in [6.45, 7) is -0.587. The van der Waals surface area contributed by atoms with Gasteiger partial charge in [-0.2, -0.15) is 0 Å². The summed E-state index contributed by atoms with van der Waals surface area (Å²) in [5.74, 6) is -1.04. The Morgan fingerprint density at radius 2 is 1.83 bits per heavy atom. The summed E-state index contributed by atoms with van der Waals surface area (Å²) in [6, 6.07) is 0. The fraction of sp³-hybridized carbons (Fsp3) is 0.833. The molecule has 0 bridgehead atoms. The molecule has 0 aromatic heterocycles. The number of cyclic esters (lactones) is 1. The van der Waals surface area contributed by atoms with Gasteiger partial charge in [0, 0.05) is 0 Å². The van der Waals surface area contributed by atoms with Crippen LogP contribution in [0.25, 0.3) is 0 Å². The molecular weight excluding hydrogens is 168 g/mol. The lowest BCUT2D eigenvalue weighted by Crippen LogP contribution is -2.56. The number of aliphatic hydroxyl groups is 4. The fourth-order valence-corrected chi connectivity index (χ4v) is 0.980.